The quantitative estimate of drug-likeness (QED) is 0.812. The summed E-state index contributed by atoms with van der Waals surface area (Å²) >= 11 is 5.93. The van der Waals surface area contributed by atoms with Crippen LogP contribution in [0.15, 0.2) is 36.4 Å². The standard InChI is InChI=1S/C15H12ClNO4/c1-8-2-5-13(18)10(6-8)14(19)17-12-7-9(15(20)21)3-4-11(12)16/h2-7,18H,1H3,(H,17,19)(H,20,21). The van der Waals surface area contributed by atoms with Crippen LogP contribution in [-0.4, -0.2) is 22.1 Å². The second-order valence-electron chi connectivity index (χ2n) is 4.47. The number of hydrogen-bond donors (Lipinski definition) is 3. The van der Waals surface area contributed by atoms with E-state index in [1.807, 2.05) is 0 Å². The summed E-state index contributed by atoms with van der Waals surface area (Å²) in [6.45, 7) is 1.79. The molecule has 0 aromatic heterocycles. The van der Waals surface area contributed by atoms with Gasteiger partial charge in [0.25, 0.3) is 5.91 Å². The molecule has 0 aliphatic heterocycles. The molecule has 1 amide bonds. The van der Waals surface area contributed by atoms with Crippen LogP contribution >= 0.6 is 11.6 Å². The number of carbonyl (C=O) groups is 2. The SMILES string of the molecule is Cc1ccc(O)c(C(=O)Nc2cc(C(=O)O)ccc2Cl)c1. The van der Waals surface area contributed by atoms with Crippen LogP contribution in [0, 0.1) is 6.92 Å². The van der Waals surface area contributed by atoms with E-state index in [1.165, 1.54) is 30.3 Å². The number of carboxylic acid groups (broad SMARTS) is 1. The van der Waals surface area contributed by atoms with E-state index in [0.29, 0.717) is 0 Å². The number of hydrogen-bond acceptors (Lipinski definition) is 3. The highest BCUT2D eigenvalue weighted by atomic mass is 35.5. The molecule has 0 bridgehead atoms. The van der Waals surface area contributed by atoms with Crippen molar-refractivity contribution in [2.75, 3.05) is 5.32 Å². The molecule has 2 aromatic carbocycles. The van der Waals surface area contributed by atoms with E-state index in [1.54, 1.807) is 13.0 Å². The fourth-order valence-electron chi connectivity index (χ4n) is 1.78. The number of aromatic carboxylic acids is 1. The molecule has 0 aliphatic carbocycles. The Kier molecular flexibility index (Phi) is 4.14. The van der Waals surface area contributed by atoms with Crippen LogP contribution in [0.5, 0.6) is 5.75 Å². The van der Waals surface area contributed by atoms with E-state index >= 15 is 0 Å². The van der Waals surface area contributed by atoms with Crippen LogP contribution in [0.25, 0.3) is 0 Å². The summed E-state index contributed by atoms with van der Waals surface area (Å²) in [6.07, 6.45) is 0. The Morgan fingerprint density at radius 1 is 1.14 bits per heavy atom. The topological polar surface area (TPSA) is 86.6 Å². The van der Waals surface area contributed by atoms with Crippen LogP contribution in [0.3, 0.4) is 0 Å². The lowest BCUT2D eigenvalue weighted by atomic mass is 10.1. The van der Waals surface area contributed by atoms with E-state index in [4.69, 9.17) is 16.7 Å². The van der Waals surface area contributed by atoms with Crippen molar-refractivity contribution in [3.05, 3.63) is 58.1 Å². The molecule has 3 N–H and O–H groups in total. The number of anilines is 1. The number of benzene rings is 2. The second kappa shape index (κ2) is 5.85. The molecule has 0 saturated heterocycles. The lowest BCUT2D eigenvalue weighted by Crippen LogP contribution is -2.13. The number of halogens is 1. The van der Waals surface area contributed by atoms with Crippen molar-refractivity contribution in [1.29, 1.82) is 0 Å². The first kappa shape index (κ1) is 14.9. The third kappa shape index (κ3) is 3.32. The summed E-state index contributed by atoms with van der Waals surface area (Å²) in [5.41, 5.74) is 1.07. The monoisotopic (exact) mass is 305 g/mol. The third-order valence-corrected chi connectivity index (χ3v) is 3.19. The van der Waals surface area contributed by atoms with Crippen molar-refractivity contribution in [1.82, 2.24) is 0 Å². The number of rotatable bonds is 3. The predicted molar refractivity (Wildman–Crippen MR) is 79.2 cm³/mol. The highest BCUT2D eigenvalue weighted by molar-refractivity contribution is 6.34. The molecule has 21 heavy (non-hydrogen) atoms. The zero-order chi connectivity index (χ0) is 15.6. The molecule has 0 aliphatic rings. The minimum absolute atomic E-state index is 0.00293. The van der Waals surface area contributed by atoms with Crippen LogP contribution in [0.4, 0.5) is 5.69 Å². The molecule has 2 rings (SSSR count). The molecule has 5 nitrogen and oxygen atoms in total. The fraction of sp³-hybridized carbons (Fsp3) is 0.0667. The van der Waals surface area contributed by atoms with Crippen molar-refractivity contribution in [2.24, 2.45) is 0 Å². The highest BCUT2D eigenvalue weighted by Gasteiger charge is 2.14. The van der Waals surface area contributed by atoms with Gasteiger partial charge in [0.1, 0.15) is 5.75 Å². The molecule has 6 heteroatoms. The van der Waals surface area contributed by atoms with Gasteiger partial charge in [-0.25, -0.2) is 4.79 Å². The molecule has 108 valence electrons. The molecule has 0 unspecified atom stereocenters. The third-order valence-electron chi connectivity index (χ3n) is 2.86. The molecule has 0 heterocycles. The Morgan fingerprint density at radius 2 is 1.86 bits per heavy atom. The number of carbonyl (C=O) groups excluding carboxylic acids is 1. The summed E-state index contributed by atoms with van der Waals surface area (Å²) in [5.74, 6) is -1.86. The van der Waals surface area contributed by atoms with Gasteiger partial charge in [-0.3, -0.25) is 4.79 Å². The Balaban J connectivity index is 2.33. The normalized spacial score (nSPS) is 10.2. The maximum atomic E-state index is 12.1. The Hall–Kier alpha value is -2.53. The van der Waals surface area contributed by atoms with E-state index < -0.39 is 11.9 Å². The number of phenolic OH excluding ortho intramolecular Hbond substituents is 1. The minimum Gasteiger partial charge on any atom is -0.507 e. The lowest BCUT2D eigenvalue weighted by molar-refractivity contribution is 0.0696. The van der Waals surface area contributed by atoms with Gasteiger partial charge in [-0.1, -0.05) is 23.2 Å². The van der Waals surface area contributed by atoms with Crippen LogP contribution in [0.1, 0.15) is 26.3 Å². The molecule has 0 fully saturated rings. The van der Waals surface area contributed by atoms with Crippen molar-refractivity contribution >= 4 is 29.2 Å². The first-order chi connectivity index (χ1) is 9.88. The van der Waals surface area contributed by atoms with Crippen LogP contribution < -0.4 is 5.32 Å². The van der Waals surface area contributed by atoms with Gasteiger partial charge in [0.2, 0.25) is 0 Å². The maximum Gasteiger partial charge on any atom is 0.335 e. The Labute approximate surface area is 125 Å². The smallest absolute Gasteiger partial charge is 0.335 e. The molecular formula is C15H12ClNO4. The highest BCUT2D eigenvalue weighted by Crippen LogP contribution is 2.25. The molecule has 0 radical (unpaired) electrons. The number of aromatic hydroxyl groups is 1. The minimum atomic E-state index is -1.12. The predicted octanol–water partition coefficient (Wildman–Crippen LogP) is 3.30. The van der Waals surface area contributed by atoms with Gasteiger partial charge in [0, 0.05) is 0 Å². The first-order valence-corrected chi connectivity index (χ1v) is 6.40. The van der Waals surface area contributed by atoms with Crippen molar-refractivity contribution in [2.45, 2.75) is 6.92 Å². The molecule has 2 aromatic rings. The van der Waals surface area contributed by atoms with Gasteiger partial charge >= 0.3 is 5.97 Å². The summed E-state index contributed by atoms with van der Waals surface area (Å²) in [5, 5.41) is 21.3. The zero-order valence-corrected chi connectivity index (χ0v) is 11.8. The summed E-state index contributed by atoms with van der Waals surface area (Å²) < 4.78 is 0. The van der Waals surface area contributed by atoms with Gasteiger partial charge < -0.3 is 15.5 Å². The van der Waals surface area contributed by atoms with Crippen LogP contribution in [0.2, 0.25) is 5.02 Å². The molecule has 0 atom stereocenters. The molecule has 0 saturated carbocycles. The average molecular weight is 306 g/mol. The van der Waals surface area contributed by atoms with E-state index in [-0.39, 0.29) is 27.6 Å². The second-order valence-corrected chi connectivity index (χ2v) is 4.88. The maximum absolute atomic E-state index is 12.1. The van der Waals surface area contributed by atoms with Gasteiger partial charge in [-0.2, -0.15) is 0 Å². The van der Waals surface area contributed by atoms with E-state index in [2.05, 4.69) is 5.32 Å². The average Bonchev–Trinajstić information content (AvgIpc) is 2.43. The van der Waals surface area contributed by atoms with Crippen molar-refractivity contribution < 1.29 is 19.8 Å². The number of aryl methyl sites for hydroxylation is 1. The number of nitrogens with one attached hydrogen (secondary N) is 1. The van der Waals surface area contributed by atoms with Gasteiger partial charge in [0.15, 0.2) is 0 Å². The van der Waals surface area contributed by atoms with Crippen molar-refractivity contribution in [3.63, 3.8) is 0 Å². The van der Waals surface area contributed by atoms with E-state index in [9.17, 15) is 14.7 Å². The van der Waals surface area contributed by atoms with Gasteiger partial charge in [-0.05, 0) is 37.3 Å². The largest absolute Gasteiger partial charge is 0.507 e. The van der Waals surface area contributed by atoms with E-state index in [0.717, 1.165) is 5.56 Å². The summed E-state index contributed by atoms with van der Waals surface area (Å²) in [7, 11) is 0. The van der Waals surface area contributed by atoms with Crippen molar-refractivity contribution in [3.8, 4) is 5.75 Å². The fourth-order valence-corrected chi connectivity index (χ4v) is 1.94. The zero-order valence-electron chi connectivity index (χ0n) is 11.1. The number of phenols is 1. The van der Waals surface area contributed by atoms with Crippen LogP contribution in [-0.2, 0) is 0 Å². The number of amides is 1. The first-order valence-electron chi connectivity index (χ1n) is 6.02. The Morgan fingerprint density at radius 3 is 2.52 bits per heavy atom. The molecular weight excluding hydrogens is 294 g/mol. The van der Waals surface area contributed by atoms with Gasteiger partial charge in [0.05, 0.1) is 21.8 Å². The summed E-state index contributed by atoms with van der Waals surface area (Å²) in [6, 6.07) is 8.60. The Bertz CT molecular complexity index is 728. The summed E-state index contributed by atoms with van der Waals surface area (Å²) in [4.78, 5) is 23.1. The molecule has 0 spiro atoms. The number of carboxylic acids is 1. The lowest BCUT2D eigenvalue weighted by Gasteiger charge is -2.10. The van der Waals surface area contributed by atoms with Gasteiger partial charge in [-0.15, -0.1) is 0 Å².